The summed E-state index contributed by atoms with van der Waals surface area (Å²) in [5, 5.41) is 10.7. The molecule has 2 aromatic rings. The topological polar surface area (TPSA) is 77.3 Å². The number of halogens is 1. The lowest BCUT2D eigenvalue weighted by Crippen LogP contribution is -2.21. The summed E-state index contributed by atoms with van der Waals surface area (Å²) in [5.41, 5.74) is 0.275. The van der Waals surface area contributed by atoms with Gasteiger partial charge >= 0.3 is 0 Å². The predicted octanol–water partition coefficient (Wildman–Crippen LogP) is 3.02. The van der Waals surface area contributed by atoms with Gasteiger partial charge in [-0.1, -0.05) is 35.9 Å². The van der Waals surface area contributed by atoms with Crippen LogP contribution in [0.25, 0.3) is 0 Å². The minimum absolute atomic E-state index is 0.0183. The molecule has 0 bridgehead atoms. The van der Waals surface area contributed by atoms with E-state index >= 15 is 0 Å². The molecule has 2 aromatic carbocycles. The molecule has 20 heavy (non-hydrogen) atoms. The lowest BCUT2D eigenvalue weighted by atomic mass is 9.84. The van der Waals surface area contributed by atoms with E-state index in [1.165, 1.54) is 12.1 Å². The molecule has 0 heterocycles. The molecule has 0 aliphatic heterocycles. The molecule has 0 unspecified atom stereocenters. The van der Waals surface area contributed by atoms with Crippen LogP contribution in [0.15, 0.2) is 36.4 Å². The lowest BCUT2D eigenvalue weighted by Gasteiger charge is -2.17. The van der Waals surface area contributed by atoms with Crippen molar-refractivity contribution < 1.29 is 14.5 Å². The smallest absolute Gasteiger partial charge is 0.288 e. The van der Waals surface area contributed by atoms with E-state index in [0.29, 0.717) is 0 Å². The second-order valence-electron chi connectivity index (χ2n) is 4.31. The number of nitrogens with zero attached hydrogens (tertiary/aromatic N) is 1. The van der Waals surface area contributed by atoms with Crippen molar-refractivity contribution >= 4 is 28.9 Å². The van der Waals surface area contributed by atoms with Crippen molar-refractivity contribution in [3.63, 3.8) is 0 Å². The van der Waals surface area contributed by atoms with Gasteiger partial charge in [-0.25, -0.2) is 0 Å². The molecule has 0 N–H and O–H groups in total. The zero-order valence-corrected chi connectivity index (χ0v) is 10.7. The molecule has 6 heteroatoms. The molecule has 0 radical (unpaired) electrons. The molecule has 0 amide bonds. The Labute approximate surface area is 117 Å². The second-order valence-corrected chi connectivity index (χ2v) is 4.72. The zero-order valence-electron chi connectivity index (χ0n) is 9.92. The third kappa shape index (κ3) is 1.64. The van der Waals surface area contributed by atoms with Crippen LogP contribution in [0, 0.1) is 10.1 Å². The van der Waals surface area contributed by atoms with E-state index in [4.69, 9.17) is 11.6 Å². The van der Waals surface area contributed by atoms with Crippen LogP contribution in [0.2, 0.25) is 5.02 Å². The third-order valence-electron chi connectivity index (χ3n) is 3.19. The Hall–Kier alpha value is -2.53. The number of nitro benzene ring substituents is 1. The highest BCUT2D eigenvalue weighted by atomic mass is 35.5. The molecular formula is C14H6ClNO4. The quantitative estimate of drug-likeness (QED) is 0.509. The highest BCUT2D eigenvalue weighted by Crippen LogP contribution is 2.34. The number of ketones is 2. The van der Waals surface area contributed by atoms with Crippen molar-refractivity contribution in [3.8, 4) is 0 Å². The van der Waals surface area contributed by atoms with Crippen molar-refractivity contribution in [1.82, 2.24) is 0 Å². The molecule has 0 atom stereocenters. The third-order valence-corrected chi connectivity index (χ3v) is 3.49. The molecule has 0 saturated carbocycles. The molecule has 0 fully saturated rings. The average molecular weight is 288 g/mol. The van der Waals surface area contributed by atoms with Crippen molar-refractivity contribution in [2.24, 2.45) is 0 Å². The summed E-state index contributed by atoms with van der Waals surface area (Å²) >= 11 is 5.79. The molecule has 0 spiro atoms. The highest BCUT2D eigenvalue weighted by Gasteiger charge is 2.32. The van der Waals surface area contributed by atoms with E-state index in [9.17, 15) is 19.7 Å². The SMILES string of the molecule is O=C1c2ccccc2C(=O)c2cc([N+](=O)[O-])c(Cl)cc21. The largest absolute Gasteiger partial charge is 0.289 e. The predicted molar refractivity (Wildman–Crippen MR) is 71.4 cm³/mol. The van der Waals surface area contributed by atoms with Gasteiger partial charge in [0.05, 0.1) is 4.92 Å². The van der Waals surface area contributed by atoms with Crippen LogP contribution in [0.1, 0.15) is 31.8 Å². The minimum atomic E-state index is -0.680. The number of carbonyl (C=O) groups excluding carboxylic acids is 2. The number of nitro groups is 1. The summed E-state index contributed by atoms with van der Waals surface area (Å²) in [6, 6.07) is 8.62. The van der Waals surface area contributed by atoms with Crippen LogP contribution in [0.5, 0.6) is 0 Å². The van der Waals surface area contributed by atoms with Crippen molar-refractivity contribution in [2.75, 3.05) is 0 Å². The molecule has 98 valence electrons. The fourth-order valence-corrected chi connectivity index (χ4v) is 2.48. The lowest BCUT2D eigenvalue weighted by molar-refractivity contribution is -0.384. The molecule has 1 aliphatic rings. The monoisotopic (exact) mass is 287 g/mol. The van der Waals surface area contributed by atoms with E-state index in [1.807, 2.05) is 0 Å². The maximum absolute atomic E-state index is 12.3. The van der Waals surface area contributed by atoms with Gasteiger partial charge in [-0.05, 0) is 6.07 Å². The molecular weight excluding hydrogens is 282 g/mol. The Morgan fingerprint density at radius 1 is 0.900 bits per heavy atom. The van der Waals surface area contributed by atoms with E-state index in [2.05, 4.69) is 0 Å². The van der Waals surface area contributed by atoms with Crippen molar-refractivity contribution in [1.29, 1.82) is 0 Å². The second kappa shape index (κ2) is 4.25. The summed E-state index contributed by atoms with van der Waals surface area (Å²) in [6.07, 6.45) is 0. The van der Waals surface area contributed by atoms with Gasteiger partial charge in [0.15, 0.2) is 11.6 Å². The molecule has 0 saturated heterocycles. The zero-order chi connectivity index (χ0) is 14.4. The van der Waals surface area contributed by atoms with Gasteiger partial charge in [0.1, 0.15) is 5.02 Å². The van der Waals surface area contributed by atoms with E-state index in [-0.39, 0.29) is 38.7 Å². The summed E-state index contributed by atoms with van der Waals surface area (Å²) < 4.78 is 0. The number of rotatable bonds is 1. The van der Waals surface area contributed by atoms with Gasteiger partial charge < -0.3 is 0 Å². The first kappa shape index (κ1) is 12.5. The molecule has 1 aliphatic carbocycles. The Balaban J connectivity index is 2.31. The number of benzene rings is 2. The maximum atomic E-state index is 12.3. The number of hydrogen-bond donors (Lipinski definition) is 0. The normalized spacial score (nSPS) is 12.8. The highest BCUT2D eigenvalue weighted by molar-refractivity contribution is 6.35. The average Bonchev–Trinajstić information content (AvgIpc) is 2.44. The summed E-state index contributed by atoms with van der Waals surface area (Å²) in [4.78, 5) is 34.8. The van der Waals surface area contributed by atoms with Gasteiger partial charge in [0.2, 0.25) is 0 Å². The molecule has 0 aromatic heterocycles. The van der Waals surface area contributed by atoms with E-state index < -0.39 is 10.7 Å². The Morgan fingerprint density at radius 3 is 1.90 bits per heavy atom. The van der Waals surface area contributed by atoms with E-state index in [0.717, 1.165) is 6.07 Å². The number of fused-ring (bicyclic) bond motifs is 2. The van der Waals surface area contributed by atoms with Crippen LogP contribution >= 0.6 is 11.6 Å². The molecule has 3 rings (SSSR count). The van der Waals surface area contributed by atoms with Crippen LogP contribution in [-0.2, 0) is 0 Å². The van der Waals surface area contributed by atoms with Gasteiger partial charge in [0.25, 0.3) is 5.69 Å². The first-order chi connectivity index (χ1) is 9.50. The fourth-order valence-electron chi connectivity index (χ4n) is 2.25. The van der Waals surface area contributed by atoms with Crippen LogP contribution in [0.4, 0.5) is 5.69 Å². The summed E-state index contributed by atoms with van der Waals surface area (Å²) in [5.74, 6) is -0.762. The van der Waals surface area contributed by atoms with Crippen molar-refractivity contribution in [3.05, 3.63) is 73.8 Å². The maximum Gasteiger partial charge on any atom is 0.288 e. The fraction of sp³-hybridized carbons (Fsp3) is 0. The summed E-state index contributed by atoms with van der Waals surface area (Å²) in [7, 11) is 0. The van der Waals surface area contributed by atoms with Crippen LogP contribution < -0.4 is 0 Å². The van der Waals surface area contributed by atoms with Crippen LogP contribution in [-0.4, -0.2) is 16.5 Å². The first-order valence-electron chi connectivity index (χ1n) is 5.67. The Bertz CT molecular complexity index is 798. The number of hydrogen-bond acceptors (Lipinski definition) is 4. The molecule has 5 nitrogen and oxygen atoms in total. The van der Waals surface area contributed by atoms with Gasteiger partial charge in [-0.3, -0.25) is 19.7 Å². The first-order valence-corrected chi connectivity index (χ1v) is 6.05. The van der Waals surface area contributed by atoms with Crippen molar-refractivity contribution in [2.45, 2.75) is 0 Å². The standard InChI is InChI=1S/C14H6ClNO4/c15-11-5-9-10(6-12(11)16(19)20)14(18)8-4-2-1-3-7(8)13(9)17/h1-6H. The van der Waals surface area contributed by atoms with Gasteiger partial charge in [-0.15, -0.1) is 0 Å². The van der Waals surface area contributed by atoms with E-state index in [1.54, 1.807) is 18.2 Å². The Kier molecular flexibility index (Phi) is 2.65. The Morgan fingerprint density at radius 2 is 1.40 bits per heavy atom. The van der Waals surface area contributed by atoms with Gasteiger partial charge in [0, 0.05) is 28.3 Å². The minimum Gasteiger partial charge on any atom is -0.289 e. The van der Waals surface area contributed by atoms with Crippen LogP contribution in [0.3, 0.4) is 0 Å². The van der Waals surface area contributed by atoms with Gasteiger partial charge in [-0.2, -0.15) is 0 Å². The number of carbonyl (C=O) groups is 2. The summed E-state index contributed by atoms with van der Waals surface area (Å²) in [6.45, 7) is 0.